The second-order valence-corrected chi connectivity index (χ2v) is 5.01. The molecule has 1 heterocycles. The van der Waals surface area contributed by atoms with Gasteiger partial charge in [0.25, 0.3) is 0 Å². The van der Waals surface area contributed by atoms with Crippen molar-refractivity contribution in [1.82, 2.24) is 5.32 Å². The van der Waals surface area contributed by atoms with Gasteiger partial charge in [0.15, 0.2) is 0 Å². The molecule has 1 aromatic rings. The maximum atomic E-state index is 5.44. The summed E-state index contributed by atoms with van der Waals surface area (Å²) in [5.74, 6) is 1.79. The average Bonchev–Trinajstić information content (AvgIpc) is 2.27. The monoisotopic (exact) mass is 219 g/mol. The lowest BCUT2D eigenvalue weighted by Crippen LogP contribution is -2.36. The molecule has 0 aromatic heterocycles. The third-order valence-corrected chi connectivity index (χ3v) is 3.24. The molecule has 1 atom stereocenters. The van der Waals surface area contributed by atoms with E-state index in [2.05, 4.69) is 37.4 Å². The van der Waals surface area contributed by atoms with E-state index in [9.17, 15) is 0 Å². The summed E-state index contributed by atoms with van der Waals surface area (Å²) < 4.78 is 5.44. The van der Waals surface area contributed by atoms with Gasteiger partial charge in [0.05, 0.1) is 7.11 Å². The summed E-state index contributed by atoms with van der Waals surface area (Å²) >= 11 is 0. The van der Waals surface area contributed by atoms with Crippen molar-refractivity contribution in [3.63, 3.8) is 0 Å². The van der Waals surface area contributed by atoms with Gasteiger partial charge < -0.3 is 10.1 Å². The lowest BCUT2D eigenvalue weighted by molar-refractivity contribution is 0.373. The average molecular weight is 219 g/mol. The maximum Gasteiger partial charge on any atom is 0.122 e. The van der Waals surface area contributed by atoms with Crippen molar-refractivity contribution in [3.8, 4) is 5.75 Å². The Balaban J connectivity index is 2.18. The number of methoxy groups -OCH3 is 1. The van der Waals surface area contributed by atoms with E-state index >= 15 is 0 Å². The fraction of sp³-hybridized carbons (Fsp3) is 0.571. The Morgan fingerprint density at radius 3 is 2.94 bits per heavy atom. The van der Waals surface area contributed by atoms with E-state index in [1.165, 1.54) is 17.5 Å². The molecule has 88 valence electrons. The summed E-state index contributed by atoms with van der Waals surface area (Å²) in [6, 6.07) is 6.93. The van der Waals surface area contributed by atoms with Crippen LogP contribution in [0.5, 0.6) is 5.75 Å². The van der Waals surface area contributed by atoms with Gasteiger partial charge in [-0.1, -0.05) is 26.0 Å². The Morgan fingerprint density at radius 2 is 2.25 bits per heavy atom. The number of rotatable bonds is 3. The lowest BCUT2D eigenvalue weighted by atomic mass is 9.90. The van der Waals surface area contributed by atoms with Gasteiger partial charge in [0, 0.05) is 18.2 Å². The zero-order valence-electron chi connectivity index (χ0n) is 10.4. The summed E-state index contributed by atoms with van der Waals surface area (Å²) in [5.41, 5.74) is 2.79. The second-order valence-electron chi connectivity index (χ2n) is 5.01. The van der Waals surface area contributed by atoms with Crippen LogP contribution in [0.4, 0.5) is 0 Å². The normalized spacial score (nSPS) is 19.6. The molecule has 1 aliphatic rings. The molecule has 2 rings (SSSR count). The van der Waals surface area contributed by atoms with Crippen LogP contribution in [0.3, 0.4) is 0 Å². The van der Waals surface area contributed by atoms with E-state index in [4.69, 9.17) is 4.74 Å². The molecule has 0 spiro atoms. The van der Waals surface area contributed by atoms with Gasteiger partial charge in [-0.15, -0.1) is 0 Å². The molecule has 1 unspecified atom stereocenters. The Kier molecular flexibility index (Phi) is 3.49. The van der Waals surface area contributed by atoms with Crippen LogP contribution in [-0.4, -0.2) is 13.2 Å². The first-order valence-electron chi connectivity index (χ1n) is 6.09. The summed E-state index contributed by atoms with van der Waals surface area (Å²) in [5, 5.41) is 3.60. The van der Waals surface area contributed by atoms with Crippen molar-refractivity contribution >= 4 is 0 Å². The highest BCUT2D eigenvalue weighted by Crippen LogP contribution is 2.28. The van der Waals surface area contributed by atoms with Crippen LogP contribution >= 0.6 is 0 Å². The number of nitrogens with one attached hydrogen (secondary N) is 1. The van der Waals surface area contributed by atoms with Crippen molar-refractivity contribution in [1.29, 1.82) is 0 Å². The highest BCUT2D eigenvalue weighted by Gasteiger charge is 2.21. The SMILES string of the molecule is COc1cccc2c1CC(CC(C)C)NC2. The van der Waals surface area contributed by atoms with Crippen LogP contribution in [0.25, 0.3) is 0 Å². The minimum Gasteiger partial charge on any atom is -0.496 e. The standard InChI is InChI=1S/C14H21NO/c1-10(2)7-12-8-13-11(9-15-12)5-4-6-14(13)16-3/h4-6,10,12,15H,7-9H2,1-3H3. The van der Waals surface area contributed by atoms with Gasteiger partial charge in [-0.2, -0.15) is 0 Å². The van der Waals surface area contributed by atoms with Crippen LogP contribution in [0.15, 0.2) is 18.2 Å². The Bertz CT molecular complexity index is 346. The third-order valence-electron chi connectivity index (χ3n) is 3.24. The molecule has 0 saturated carbocycles. The molecule has 1 N–H and O–H groups in total. The van der Waals surface area contributed by atoms with Crippen LogP contribution in [0.2, 0.25) is 0 Å². The molecule has 2 nitrogen and oxygen atoms in total. The second kappa shape index (κ2) is 4.88. The van der Waals surface area contributed by atoms with Gasteiger partial charge in [0.1, 0.15) is 5.75 Å². The molecule has 0 aliphatic carbocycles. The fourth-order valence-corrected chi connectivity index (χ4v) is 2.51. The zero-order valence-corrected chi connectivity index (χ0v) is 10.4. The topological polar surface area (TPSA) is 21.3 Å². The van der Waals surface area contributed by atoms with Gasteiger partial charge in [0.2, 0.25) is 0 Å². The molecule has 1 aliphatic heterocycles. The van der Waals surface area contributed by atoms with Gasteiger partial charge in [-0.3, -0.25) is 0 Å². The van der Waals surface area contributed by atoms with E-state index in [-0.39, 0.29) is 0 Å². The van der Waals surface area contributed by atoms with Crippen LogP contribution in [-0.2, 0) is 13.0 Å². The summed E-state index contributed by atoms with van der Waals surface area (Å²) in [7, 11) is 1.76. The summed E-state index contributed by atoms with van der Waals surface area (Å²) in [6.07, 6.45) is 2.33. The van der Waals surface area contributed by atoms with Crippen molar-refractivity contribution < 1.29 is 4.74 Å². The van der Waals surface area contributed by atoms with Crippen molar-refractivity contribution in [2.24, 2.45) is 5.92 Å². The molecular formula is C14H21NO. The minimum atomic E-state index is 0.601. The van der Waals surface area contributed by atoms with Crippen molar-refractivity contribution in [2.45, 2.75) is 39.3 Å². The van der Waals surface area contributed by atoms with E-state index < -0.39 is 0 Å². The van der Waals surface area contributed by atoms with Gasteiger partial charge >= 0.3 is 0 Å². The Morgan fingerprint density at radius 1 is 1.44 bits per heavy atom. The first-order valence-corrected chi connectivity index (χ1v) is 6.09. The number of ether oxygens (including phenoxy) is 1. The molecule has 0 bridgehead atoms. The summed E-state index contributed by atoms with van der Waals surface area (Å²) in [6.45, 7) is 5.53. The van der Waals surface area contributed by atoms with Crippen LogP contribution < -0.4 is 10.1 Å². The maximum absolute atomic E-state index is 5.44. The molecule has 0 saturated heterocycles. The number of fused-ring (bicyclic) bond motifs is 1. The first kappa shape index (κ1) is 11.5. The van der Waals surface area contributed by atoms with E-state index in [1.54, 1.807) is 7.11 Å². The zero-order chi connectivity index (χ0) is 11.5. The van der Waals surface area contributed by atoms with E-state index in [1.807, 2.05) is 0 Å². The molecule has 1 aromatic carbocycles. The third kappa shape index (κ3) is 2.38. The predicted molar refractivity (Wildman–Crippen MR) is 66.8 cm³/mol. The molecule has 16 heavy (non-hydrogen) atoms. The number of hydrogen-bond acceptors (Lipinski definition) is 2. The van der Waals surface area contributed by atoms with Crippen molar-refractivity contribution in [3.05, 3.63) is 29.3 Å². The Labute approximate surface area is 98.0 Å². The van der Waals surface area contributed by atoms with Crippen LogP contribution in [0.1, 0.15) is 31.4 Å². The molecule has 0 amide bonds. The Hall–Kier alpha value is -1.02. The number of hydrogen-bond donors (Lipinski definition) is 1. The van der Waals surface area contributed by atoms with Crippen LogP contribution in [0, 0.1) is 5.92 Å². The molecule has 0 fully saturated rings. The largest absolute Gasteiger partial charge is 0.496 e. The lowest BCUT2D eigenvalue weighted by Gasteiger charge is -2.28. The quantitative estimate of drug-likeness (QED) is 0.844. The minimum absolute atomic E-state index is 0.601. The summed E-state index contributed by atoms with van der Waals surface area (Å²) in [4.78, 5) is 0. The smallest absolute Gasteiger partial charge is 0.122 e. The molecule has 0 radical (unpaired) electrons. The highest BCUT2D eigenvalue weighted by atomic mass is 16.5. The van der Waals surface area contributed by atoms with Gasteiger partial charge in [-0.05, 0) is 30.4 Å². The molecular weight excluding hydrogens is 198 g/mol. The first-order chi connectivity index (χ1) is 7.70. The van der Waals surface area contributed by atoms with Crippen molar-refractivity contribution in [2.75, 3.05) is 7.11 Å². The van der Waals surface area contributed by atoms with E-state index in [0.29, 0.717) is 6.04 Å². The van der Waals surface area contributed by atoms with E-state index in [0.717, 1.165) is 24.6 Å². The van der Waals surface area contributed by atoms with Gasteiger partial charge in [-0.25, -0.2) is 0 Å². The number of benzene rings is 1. The molecule has 2 heteroatoms. The predicted octanol–water partition coefficient (Wildman–Crippen LogP) is 2.76. The fourth-order valence-electron chi connectivity index (χ4n) is 2.51. The highest BCUT2D eigenvalue weighted by molar-refractivity contribution is 5.42.